The van der Waals surface area contributed by atoms with Gasteiger partial charge in [0.25, 0.3) is 0 Å². The van der Waals surface area contributed by atoms with Crippen LogP contribution in [0.2, 0.25) is 5.02 Å². The smallest absolute Gasteiger partial charge is 0.506 e. The minimum atomic E-state index is -0.804. The highest BCUT2D eigenvalue weighted by Gasteiger charge is 2.15. The quantitative estimate of drug-likeness (QED) is 0.664. The summed E-state index contributed by atoms with van der Waals surface area (Å²) in [5.41, 5.74) is 0. The minimum Gasteiger partial charge on any atom is -0.506 e. The zero-order chi connectivity index (χ0) is 14.0. The Kier molecular flexibility index (Phi) is 3.81. The summed E-state index contributed by atoms with van der Waals surface area (Å²) in [6.45, 7) is 3.45. The molecule has 2 aromatic carbocycles. The molecule has 0 saturated heterocycles. The zero-order valence-electron chi connectivity index (χ0n) is 10.5. The van der Waals surface area contributed by atoms with Gasteiger partial charge in [-0.15, -0.1) is 0 Å². The Morgan fingerprint density at radius 2 is 1.89 bits per heavy atom. The van der Waals surface area contributed by atoms with Gasteiger partial charge in [-0.3, -0.25) is 0 Å². The summed E-state index contributed by atoms with van der Waals surface area (Å²) < 4.78 is 10.0. The zero-order valence-corrected chi connectivity index (χ0v) is 11.3. The second-order valence-electron chi connectivity index (χ2n) is 4.27. The number of benzene rings is 2. The SMILES string of the molecule is CC(C)OC(=O)Oc1cc(Cl)c(O)c2ccccc12. The fourth-order valence-corrected chi connectivity index (χ4v) is 1.89. The van der Waals surface area contributed by atoms with Crippen molar-refractivity contribution in [2.45, 2.75) is 20.0 Å². The molecular formula is C14H13ClO4. The van der Waals surface area contributed by atoms with Gasteiger partial charge in [0.2, 0.25) is 0 Å². The minimum absolute atomic E-state index is 0.0400. The molecule has 0 amide bonds. The van der Waals surface area contributed by atoms with Crippen LogP contribution in [0.25, 0.3) is 10.8 Å². The topological polar surface area (TPSA) is 55.8 Å². The molecule has 0 aliphatic carbocycles. The van der Waals surface area contributed by atoms with Crippen molar-refractivity contribution < 1.29 is 19.4 Å². The number of carbonyl (C=O) groups excluding carboxylic acids is 1. The van der Waals surface area contributed by atoms with Crippen molar-refractivity contribution in [3.05, 3.63) is 35.4 Å². The van der Waals surface area contributed by atoms with E-state index in [4.69, 9.17) is 21.1 Å². The van der Waals surface area contributed by atoms with Crippen molar-refractivity contribution in [3.63, 3.8) is 0 Å². The van der Waals surface area contributed by atoms with Gasteiger partial charge in [-0.25, -0.2) is 4.79 Å². The van der Waals surface area contributed by atoms with Crippen molar-refractivity contribution in [2.75, 3.05) is 0 Å². The van der Waals surface area contributed by atoms with E-state index in [1.807, 2.05) is 0 Å². The molecule has 0 unspecified atom stereocenters. The summed E-state index contributed by atoms with van der Waals surface area (Å²) in [6, 6.07) is 8.34. The van der Waals surface area contributed by atoms with Gasteiger partial charge in [0.05, 0.1) is 11.1 Å². The summed E-state index contributed by atoms with van der Waals surface area (Å²) in [5.74, 6) is 0.214. The Bertz CT molecular complexity index is 622. The van der Waals surface area contributed by atoms with Crippen molar-refractivity contribution in [1.82, 2.24) is 0 Å². The first-order valence-corrected chi connectivity index (χ1v) is 6.15. The average Bonchev–Trinajstić information content (AvgIpc) is 2.34. The predicted octanol–water partition coefficient (Wildman–Crippen LogP) is 4.12. The number of hydrogen-bond donors (Lipinski definition) is 1. The van der Waals surface area contributed by atoms with E-state index >= 15 is 0 Å². The summed E-state index contributed by atoms with van der Waals surface area (Å²) >= 11 is 5.90. The van der Waals surface area contributed by atoms with Crippen molar-refractivity contribution in [2.24, 2.45) is 0 Å². The molecule has 1 N–H and O–H groups in total. The third kappa shape index (κ3) is 2.90. The van der Waals surface area contributed by atoms with E-state index in [-0.39, 0.29) is 22.6 Å². The number of fused-ring (bicyclic) bond motifs is 1. The van der Waals surface area contributed by atoms with Crippen LogP contribution < -0.4 is 4.74 Å². The van der Waals surface area contributed by atoms with E-state index in [0.29, 0.717) is 10.8 Å². The van der Waals surface area contributed by atoms with Gasteiger partial charge >= 0.3 is 6.16 Å². The lowest BCUT2D eigenvalue weighted by atomic mass is 10.1. The van der Waals surface area contributed by atoms with E-state index in [0.717, 1.165) is 0 Å². The monoisotopic (exact) mass is 280 g/mol. The van der Waals surface area contributed by atoms with Gasteiger partial charge in [0.15, 0.2) is 0 Å². The van der Waals surface area contributed by atoms with E-state index in [1.54, 1.807) is 38.1 Å². The molecule has 0 spiro atoms. The maximum absolute atomic E-state index is 11.5. The Hall–Kier alpha value is -1.94. The molecule has 2 rings (SSSR count). The van der Waals surface area contributed by atoms with E-state index < -0.39 is 6.16 Å². The molecule has 2 aromatic rings. The summed E-state index contributed by atoms with van der Waals surface area (Å²) in [7, 11) is 0. The number of phenols is 1. The van der Waals surface area contributed by atoms with Crippen LogP contribution >= 0.6 is 11.6 Å². The lowest BCUT2D eigenvalue weighted by molar-refractivity contribution is 0.0733. The first-order chi connectivity index (χ1) is 8.99. The summed E-state index contributed by atoms with van der Waals surface area (Å²) in [6.07, 6.45) is -1.08. The second-order valence-corrected chi connectivity index (χ2v) is 4.68. The van der Waals surface area contributed by atoms with Crippen molar-refractivity contribution in [3.8, 4) is 11.5 Å². The Morgan fingerprint density at radius 3 is 2.53 bits per heavy atom. The van der Waals surface area contributed by atoms with Crippen molar-refractivity contribution >= 4 is 28.5 Å². The van der Waals surface area contributed by atoms with Gasteiger partial charge in [-0.2, -0.15) is 0 Å². The van der Waals surface area contributed by atoms with Crippen LogP contribution in [0.5, 0.6) is 11.5 Å². The van der Waals surface area contributed by atoms with E-state index in [9.17, 15) is 9.90 Å². The highest BCUT2D eigenvalue weighted by molar-refractivity contribution is 6.33. The average molecular weight is 281 g/mol. The number of hydrogen-bond acceptors (Lipinski definition) is 4. The third-order valence-electron chi connectivity index (χ3n) is 2.46. The molecule has 0 aliphatic heterocycles. The fourth-order valence-electron chi connectivity index (χ4n) is 1.69. The molecular weight excluding hydrogens is 268 g/mol. The second kappa shape index (κ2) is 5.36. The molecule has 0 atom stereocenters. The van der Waals surface area contributed by atoms with Crippen molar-refractivity contribution in [1.29, 1.82) is 0 Å². The maximum atomic E-state index is 11.5. The molecule has 4 nitrogen and oxygen atoms in total. The molecule has 100 valence electrons. The van der Waals surface area contributed by atoms with E-state index in [1.165, 1.54) is 6.07 Å². The molecule has 19 heavy (non-hydrogen) atoms. The number of ether oxygens (including phenoxy) is 2. The Morgan fingerprint density at radius 1 is 1.26 bits per heavy atom. The molecule has 0 aromatic heterocycles. The van der Waals surface area contributed by atoms with Gasteiger partial charge in [-0.1, -0.05) is 35.9 Å². The number of aromatic hydroxyl groups is 1. The molecule has 0 fully saturated rings. The third-order valence-corrected chi connectivity index (χ3v) is 2.75. The van der Waals surface area contributed by atoms with Gasteiger partial charge in [-0.05, 0) is 13.8 Å². The normalized spacial score (nSPS) is 10.7. The highest BCUT2D eigenvalue weighted by atomic mass is 35.5. The van der Waals surface area contributed by atoms with Crippen LogP contribution in [0.4, 0.5) is 4.79 Å². The Balaban J connectivity index is 2.43. The largest absolute Gasteiger partial charge is 0.514 e. The number of phenolic OH excluding ortho intramolecular Hbond substituents is 1. The maximum Gasteiger partial charge on any atom is 0.514 e. The summed E-state index contributed by atoms with van der Waals surface area (Å²) in [5, 5.41) is 11.1. The van der Waals surface area contributed by atoms with Crippen LogP contribution in [0, 0.1) is 0 Å². The Labute approximate surface area is 115 Å². The van der Waals surface area contributed by atoms with Crippen LogP contribution in [-0.2, 0) is 4.74 Å². The van der Waals surface area contributed by atoms with Crippen LogP contribution in [0.1, 0.15) is 13.8 Å². The van der Waals surface area contributed by atoms with E-state index in [2.05, 4.69) is 0 Å². The standard InChI is InChI=1S/C14H13ClO4/c1-8(2)18-14(17)19-12-7-11(15)13(16)10-6-4-3-5-9(10)12/h3-8,16H,1-2H3. The molecule has 0 saturated carbocycles. The predicted molar refractivity (Wildman–Crippen MR) is 72.9 cm³/mol. The van der Waals surface area contributed by atoms with Gasteiger partial charge in [0, 0.05) is 16.8 Å². The molecule has 0 bridgehead atoms. The number of rotatable bonds is 2. The first kappa shape index (κ1) is 13.5. The molecule has 0 aliphatic rings. The van der Waals surface area contributed by atoms with Crippen LogP contribution in [0.3, 0.4) is 0 Å². The van der Waals surface area contributed by atoms with Crippen LogP contribution in [-0.4, -0.2) is 17.4 Å². The first-order valence-electron chi connectivity index (χ1n) is 5.77. The molecule has 5 heteroatoms. The number of carbonyl (C=O) groups is 1. The fraction of sp³-hybridized carbons (Fsp3) is 0.214. The lowest BCUT2D eigenvalue weighted by Gasteiger charge is -2.11. The van der Waals surface area contributed by atoms with Gasteiger partial charge in [0.1, 0.15) is 11.5 Å². The molecule has 0 heterocycles. The highest BCUT2D eigenvalue weighted by Crippen LogP contribution is 2.38. The van der Waals surface area contributed by atoms with Crippen LogP contribution in [0.15, 0.2) is 30.3 Å². The number of halogens is 1. The molecule has 0 radical (unpaired) electrons. The lowest BCUT2D eigenvalue weighted by Crippen LogP contribution is -2.15. The van der Waals surface area contributed by atoms with Gasteiger partial charge < -0.3 is 14.6 Å². The summed E-state index contributed by atoms with van der Waals surface area (Å²) in [4.78, 5) is 11.5.